The zero-order chi connectivity index (χ0) is 13.7. The topological polar surface area (TPSA) is 61.5 Å². The number of benzene rings is 2. The lowest BCUT2D eigenvalue weighted by Crippen LogP contribution is -2.05. The Bertz CT molecular complexity index is 564. The predicted octanol–water partition coefficient (Wildman–Crippen LogP) is 2.63. The summed E-state index contributed by atoms with van der Waals surface area (Å²) in [5.74, 6) is 0.383. The Kier molecular flexibility index (Phi) is 4.03. The third-order valence-corrected chi connectivity index (χ3v) is 2.65. The molecule has 4 nitrogen and oxygen atoms in total. The van der Waals surface area contributed by atoms with Crippen LogP contribution in [-0.2, 0) is 11.3 Å². The van der Waals surface area contributed by atoms with Crippen LogP contribution in [-0.4, -0.2) is 13.1 Å². The minimum absolute atomic E-state index is 0.220. The Morgan fingerprint density at radius 1 is 1.16 bits per heavy atom. The molecule has 0 bridgehead atoms. The van der Waals surface area contributed by atoms with Crippen molar-refractivity contribution in [3.05, 3.63) is 59.7 Å². The number of anilines is 1. The van der Waals surface area contributed by atoms with Crippen LogP contribution in [0.2, 0.25) is 0 Å². The van der Waals surface area contributed by atoms with Gasteiger partial charge in [0.05, 0.1) is 12.7 Å². The van der Waals surface area contributed by atoms with Crippen LogP contribution in [0.15, 0.2) is 48.5 Å². The normalized spacial score (nSPS) is 9.95. The number of hydrogen-bond donors (Lipinski definition) is 1. The Hall–Kier alpha value is -2.49. The number of ether oxygens (including phenoxy) is 2. The lowest BCUT2D eigenvalue weighted by Gasteiger charge is -2.06. The van der Waals surface area contributed by atoms with Gasteiger partial charge in [0.25, 0.3) is 0 Å². The quantitative estimate of drug-likeness (QED) is 0.675. The molecule has 0 aliphatic carbocycles. The molecule has 0 atom stereocenters. The van der Waals surface area contributed by atoms with E-state index >= 15 is 0 Å². The molecule has 2 rings (SSSR count). The van der Waals surface area contributed by atoms with Gasteiger partial charge < -0.3 is 15.2 Å². The maximum Gasteiger partial charge on any atom is 0.338 e. The lowest BCUT2D eigenvalue weighted by atomic mass is 10.2. The first-order valence-electron chi connectivity index (χ1n) is 5.84. The molecule has 0 unspecified atom stereocenters. The smallest absolute Gasteiger partial charge is 0.338 e. The maximum absolute atomic E-state index is 11.8. The number of esters is 1. The number of methoxy groups -OCH3 is 1. The van der Waals surface area contributed by atoms with Gasteiger partial charge in [-0.1, -0.05) is 18.2 Å². The fourth-order valence-corrected chi connectivity index (χ4v) is 1.62. The number of nitrogens with two attached hydrogens (primary N) is 1. The van der Waals surface area contributed by atoms with Gasteiger partial charge in [-0.2, -0.15) is 0 Å². The third kappa shape index (κ3) is 3.48. The average Bonchev–Trinajstić information content (AvgIpc) is 2.45. The van der Waals surface area contributed by atoms with Crippen molar-refractivity contribution in [2.75, 3.05) is 12.8 Å². The van der Waals surface area contributed by atoms with E-state index in [4.69, 9.17) is 15.2 Å². The molecule has 2 aromatic rings. The predicted molar refractivity (Wildman–Crippen MR) is 73.0 cm³/mol. The van der Waals surface area contributed by atoms with E-state index in [9.17, 15) is 4.79 Å². The molecule has 98 valence electrons. The van der Waals surface area contributed by atoms with Gasteiger partial charge in [-0.25, -0.2) is 4.79 Å². The van der Waals surface area contributed by atoms with Gasteiger partial charge >= 0.3 is 5.97 Å². The summed E-state index contributed by atoms with van der Waals surface area (Å²) in [5.41, 5.74) is 7.51. The van der Waals surface area contributed by atoms with Crippen LogP contribution in [0.1, 0.15) is 15.9 Å². The van der Waals surface area contributed by atoms with E-state index < -0.39 is 0 Å². The fraction of sp³-hybridized carbons (Fsp3) is 0.133. The molecule has 0 amide bonds. The Morgan fingerprint density at radius 2 is 1.89 bits per heavy atom. The van der Waals surface area contributed by atoms with E-state index in [0.717, 1.165) is 11.3 Å². The molecule has 0 aliphatic rings. The van der Waals surface area contributed by atoms with E-state index in [1.807, 2.05) is 24.3 Å². The Labute approximate surface area is 111 Å². The molecule has 0 radical (unpaired) electrons. The Balaban J connectivity index is 1.96. The molecule has 0 saturated heterocycles. The minimum Gasteiger partial charge on any atom is -0.497 e. The number of carbonyl (C=O) groups excluding carboxylic acids is 1. The van der Waals surface area contributed by atoms with Crippen molar-refractivity contribution in [1.29, 1.82) is 0 Å². The summed E-state index contributed by atoms with van der Waals surface area (Å²) < 4.78 is 10.3. The first kappa shape index (κ1) is 13.0. The van der Waals surface area contributed by atoms with Gasteiger partial charge in [0.2, 0.25) is 0 Å². The number of rotatable bonds is 4. The summed E-state index contributed by atoms with van der Waals surface area (Å²) in [6, 6.07) is 14.1. The van der Waals surface area contributed by atoms with Crippen molar-refractivity contribution in [3.8, 4) is 5.75 Å². The minimum atomic E-state index is -0.386. The highest BCUT2D eigenvalue weighted by Gasteiger charge is 2.07. The Morgan fingerprint density at radius 3 is 2.53 bits per heavy atom. The standard InChI is InChI=1S/C15H15NO3/c1-18-14-7-5-11(6-8-14)10-19-15(17)12-3-2-4-13(16)9-12/h2-9H,10,16H2,1H3. The molecule has 2 N–H and O–H groups in total. The molecule has 0 heterocycles. The summed E-state index contributed by atoms with van der Waals surface area (Å²) in [6.45, 7) is 0.220. The van der Waals surface area contributed by atoms with Gasteiger partial charge in [0.1, 0.15) is 12.4 Å². The van der Waals surface area contributed by atoms with Crippen molar-refractivity contribution < 1.29 is 14.3 Å². The largest absolute Gasteiger partial charge is 0.497 e. The number of nitrogen functional groups attached to an aromatic ring is 1. The summed E-state index contributed by atoms with van der Waals surface area (Å²) in [5, 5.41) is 0. The summed E-state index contributed by atoms with van der Waals surface area (Å²) in [7, 11) is 1.61. The molecule has 2 aromatic carbocycles. The SMILES string of the molecule is COc1ccc(COC(=O)c2cccc(N)c2)cc1. The molecule has 0 aromatic heterocycles. The molecule has 4 heteroatoms. The van der Waals surface area contributed by atoms with E-state index in [2.05, 4.69) is 0 Å². The van der Waals surface area contributed by atoms with E-state index in [1.54, 1.807) is 31.4 Å². The molecule has 0 aliphatic heterocycles. The van der Waals surface area contributed by atoms with E-state index in [1.165, 1.54) is 0 Å². The molecule has 0 saturated carbocycles. The summed E-state index contributed by atoms with van der Waals surface area (Å²) >= 11 is 0. The van der Waals surface area contributed by atoms with Crippen molar-refractivity contribution in [2.24, 2.45) is 0 Å². The van der Waals surface area contributed by atoms with Gasteiger partial charge in [-0.05, 0) is 35.9 Å². The molecular formula is C15H15NO3. The van der Waals surface area contributed by atoms with Crippen LogP contribution in [0, 0.1) is 0 Å². The monoisotopic (exact) mass is 257 g/mol. The molecule has 0 spiro atoms. The van der Waals surface area contributed by atoms with Crippen molar-refractivity contribution in [3.63, 3.8) is 0 Å². The van der Waals surface area contributed by atoms with Crippen LogP contribution in [0.5, 0.6) is 5.75 Å². The van der Waals surface area contributed by atoms with Crippen LogP contribution in [0.25, 0.3) is 0 Å². The zero-order valence-corrected chi connectivity index (χ0v) is 10.6. The van der Waals surface area contributed by atoms with Crippen LogP contribution < -0.4 is 10.5 Å². The molecule has 0 fully saturated rings. The molecule has 19 heavy (non-hydrogen) atoms. The second kappa shape index (κ2) is 5.91. The van der Waals surface area contributed by atoms with Gasteiger partial charge in [0, 0.05) is 5.69 Å². The van der Waals surface area contributed by atoms with Crippen molar-refractivity contribution in [2.45, 2.75) is 6.61 Å². The highest BCUT2D eigenvalue weighted by atomic mass is 16.5. The highest BCUT2D eigenvalue weighted by Crippen LogP contribution is 2.13. The van der Waals surface area contributed by atoms with Gasteiger partial charge in [-0.3, -0.25) is 0 Å². The van der Waals surface area contributed by atoms with Crippen LogP contribution >= 0.6 is 0 Å². The van der Waals surface area contributed by atoms with E-state index in [0.29, 0.717) is 11.3 Å². The van der Waals surface area contributed by atoms with Crippen LogP contribution in [0.4, 0.5) is 5.69 Å². The maximum atomic E-state index is 11.8. The first-order valence-corrected chi connectivity index (χ1v) is 5.84. The summed E-state index contributed by atoms with van der Waals surface area (Å²) in [4.78, 5) is 11.8. The first-order chi connectivity index (χ1) is 9.19. The average molecular weight is 257 g/mol. The van der Waals surface area contributed by atoms with Gasteiger partial charge in [-0.15, -0.1) is 0 Å². The highest BCUT2D eigenvalue weighted by molar-refractivity contribution is 5.90. The number of hydrogen-bond acceptors (Lipinski definition) is 4. The van der Waals surface area contributed by atoms with Gasteiger partial charge in [0.15, 0.2) is 0 Å². The van der Waals surface area contributed by atoms with Crippen molar-refractivity contribution in [1.82, 2.24) is 0 Å². The van der Waals surface area contributed by atoms with Crippen molar-refractivity contribution >= 4 is 11.7 Å². The second-order valence-corrected chi connectivity index (χ2v) is 4.05. The second-order valence-electron chi connectivity index (χ2n) is 4.05. The fourth-order valence-electron chi connectivity index (χ4n) is 1.62. The summed E-state index contributed by atoms with van der Waals surface area (Å²) in [6.07, 6.45) is 0. The van der Waals surface area contributed by atoms with E-state index in [-0.39, 0.29) is 12.6 Å². The zero-order valence-electron chi connectivity index (χ0n) is 10.6. The molecular weight excluding hydrogens is 242 g/mol. The third-order valence-electron chi connectivity index (χ3n) is 2.65. The van der Waals surface area contributed by atoms with Crippen LogP contribution in [0.3, 0.4) is 0 Å². The lowest BCUT2D eigenvalue weighted by molar-refractivity contribution is 0.0473. The number of carbonyl (C=O) groups is 1.